The standard InChI is InChI=1S/C33H30ClF4N5O3/c1-18-15-25-28(17-42(18)30(45)22-9-14-27(34)26(16-22)33(36,37)38)40-32(41(4)19(2)20-5-10-23(35)11-6-20)43(31(25)46)24-12-7-21(8-13-24)29(44)39-3/h5-14,16,18-19H,15,17H2,1-4H3,(H,39,44)/t18-,19+/m1/s1. The van der Waals surface area contributed by atoms with Gasteiger partial charge in [-0.05, 0) is 80.4 Å². The van der Waals surface area contributed by atoms with Crippen molar-refractivity contribution in [2.45, 2.75) is 45.1 Å². The Hall–Kier alpha value is -4.71. The van der Waals surface area contributed by atoms with E-state index in [0.29, 0.717) is 22.5 Å². The first kappa shape index (κ1) is 32.7. The van der Waals surface area contributed by atoms with Gasteiger partial charge in [0.15, 0.2) is 0 Å². The number of aromatic nitrogens is 2. The average molecular weight is 656 g/mol. The molecule has 2 heterocycles. The first-order chi connectivity index (χ1) is 21.7. The highest BCUT2D eigenvalue weighted by Crippen LogP contribution is 2.36. The maximum absolute atomic E-state index is 14.2. The van der Waals surface area contributed by atoms with Gasteiger partial charge in [-0.15, -0.1) is 0 Å². The molecule has 0 saturated carbocycles. The van der Waals surface area contributed by atoms with E-state index in [0.717, 1.165) is 17.7 Å². The molecule has 0 saturated heterocycles. The highest BCUT2D eigenvalue weighted by Gasteiger charge is 2.36. The first-order valence-corrected chi connectivity index (χ1v) is 14.7. The third kappa shape index (κ3) is 6.21. The van der Waals surface area contributed by atoms with Gasteiger partial charge in [-0.25, -0.2) is 13.9 Å². The summed E-state index contributed by atoms with van der Waals surface area (Å²) in [5.41, 5.74) is 0.512. The Kier molecular flexibility index (Phi) is 8.94. The molecule has 3 aromatic carbocycles. The second kappa shape index (κ2) is 12.6. The van der Waals surface area contributed by atoms with Gasteiger partial charge in [0.1, 0.15) is 5.82 Å². The van der Waals surface area contributed by atoms with Crippen molar-refractivity contribution in [3.05, 3.63) is 121 Å². The molecule has 2 amide bonds. The number of benzene rings is 3. The number of hydrogen-bond acceptors (Lipinski definition) is 5. The summed E-state index contributed by atoms with van der Waals surface area (Å²) in [6.07, 6.45) is -4.65. The van der Waals surface area contributed by atoms with Crippen LogP contribution in [0.3, 0.4) is 0 Å². The number of nitrogens with zero attached hydrogens (tertiary/aromatic N) is 4. The molecule has 0 bridgehead atoms. The molecule has 2 atom stereocenters. The number of alkyl halides is 3. The van der Waals surface area contributed by atoms with Crippen molar-refractivity contribution in [3.8, 4) is 5.69 Å². The molecule has 0 radical (unpaired) electrons. The van der Waals surface area contributed by atoms with Crippen LogP contribution in [0.15, 0.2) is 71.5 Å². The lowest BCUT2D eigenvalue weighted by molar-refractivity contribution is -0.137. The lowest BCUT2D eigenvalue weighted by atomic mass is 9.98. The summed E-state index contributed by atoms with van der Waals surface area (Å²) >= 11 is 5.77. The van der Waals surface area contributed by atoms with Gasteiger partial charge >= 0.3 is 6.18 Å². The molecular formula is C33H30ClF4N5O3. The maximum atomic E-state index is 14.2. The van der Waals surface area contributed by atoms with Crippen molar-refractivity contribution >= 4 is 29.4 Å². The Morgan fingerprint density at radius 1 is 1.04 bits per heavy atom. The Labute approximate surface area is 267 Å². The second-order valence-electron chi connectivity index (χ2n) is 11.1. The molecule has 8 nitrogen and oxygen atoms in total. The monoisotopic (exact) mass is 655 g/mol. The predicted molar refractivity (Wildman–Crippen MR) is 166 cm³/mol. The van der Waals surface area contributed by atoms with Crippen LogP contribution >= 0.6 is 11.6 Å². The summed E-state index contributed by atoms with van der Waals surface area (Å²) in [5, 5.41) is 2.03. The molecule has 1 aliphatic rings. The van der Waals surface area contributed by atoms with Gasteiger partial charge in [0.2, 0.25) is 5.95 Å². The molecule has 0 fully saturated rings. The normalized spacial score (nSPS) is 15.2. The molecule has 0 unspecified atom stereocenters. The summed E-state index contributed by atoms with van der Waals surface area (Å²) in [5.74, 6) is -1.15. The van der Waals surface area contributed by atoms with E-state index in [1.165, 1.54) is 34.7 Å². The number of fused-ring (bicyclic) bond motifs is 1. The van der Waals surface area contributed by atoms with E-state index in [4.69, 9.17) is 16.6 Å². The molecule has 0 aliphatic carbocycles. The van der Waals surface area contributed by atoms with Crippen molar-refractivity contribution in [3.63, 3.8) is 0 Å². The SMILES string of the molecule is CNC(=O)c1ccc(-n2c(N(C)[C@@H](C)c3ccc(F)cc3)nc3c(c2=O)C[C@@H](C)N(C(=O)c2ccc(Cl)c(C(F)(F)F)c2)C3)cc1. The van der Waals surface area contributed by atoms with Crippen LogP contribution in [-0.4, -0.2) is 46.4 Å². The van der Waals surface area contributed by atoms with Gasteiger partial charge in [0.05, 0.1) is 34.6 Å². The highest BCUT2D eigenvalue weighted by atomic mass is 35.5. The minimum atomic E-state index is -4.75. The smallest absolute Gasteiger partial charge is 0.355 e. The first-order valence-electron chi connectivity index (χ1n) is 14.3. The van der Waals surface area contributed by atoms with Gasteiger partial charge < -0.3 is 15.1 Å². The van der Waals surface area contributed by atoms with Crippen molar-refractivity contribution < 1.29 is 27.2 Å². The zero-order valence-electron chi connectivity index (χ0n) is 25.3. The molecule has 240 valence electrons. The number of carbonyl (C=O) groups is 2. The Balaban J connectivity index is 1.60. The van der Waals surface area contributed by atoms with E-state index in [1.807, 2.05) is 6.92 Å². The molecule has 1 aliphatic heterocycles. The molecular weight excluding hydrogens is 626 g/mol. The number of nitrogens with one attached hydrogen (secondary N) is 1. The summed E-state index contributed by atoms with van der Waals surface area (Å²) < 4.78 is 55.7. The van der Waals surface area contributed by atoms with Gasteiger partial charge in [-0.1, -0.05) is 23.7 Å². The molecule has 1 N–H and O–H groups in total. The van der Waals surface area contributed by atoms with Crippen LogP contribution in [0.5, 0.6) is 0 Å². The molecule has 0 spiro atoms. The summed E-state index contributed by atoms with van der Waals surface area (Å²) in [4.78, 5) is 47.9. The Bertz CT molecular complexity index is 1860. The third-order valence-electron chi connectivity index (χ3n) is 8.24. The molecule has 4 aromatic rings. The van der Waals surface area contributed by atoms with Crippen molar-refractivity contribution in [2.75, 3.05) is 19.0 Å². The van der Waals surface area contributed by atoms with Crippen LogP contribution in [0.1, 0.15) is 63.0 Å². The third-order valence-corrected chi connectivity index (χ3v) is 8.57. The Morgan fingerprint density at radius 2 is 1.67 bits per heavy atom. The predicted octanol–water partition coefficient (Wildman–Crippen LogP) is 6.19. The van der Waals surface area contributed by atoms with Crippen molar-refractivity contribution in [1.82, 2.24) is 19.8 Å². The number of hydrogen-bond donors (Lipinski definition) is 1. The van der Waals surface area contributed by atoms with Crippen LogP contribution in [0.2, 0.25) is 5.02 Å². The zero-order valence-corrected chi connectivity index (χ0v) is 26.1. The fourth-order valence-corrected chi connectivity index (χ4v) is 5.70. The van der Waals surface area contributed by atoms with Gasteiger partial charge in [0, 0.05) is 36.8 Å². The topological polar surface area (TPSA) is 87.5 Å². The highest BCUT2D eigenvalue weighted by molar-refractivity contribution is 6.31. The molecule has 46 heavy (non-hydrogen) atoms. The number of halogens is 5. The molecule has 5 rings (SSSR count). The minimum absolute atomic E-state index is 0.0977. The quantitative estimate of drug-likeness (QED) is 0.251. The van der Waals surface area contributed by atoms with Crippen LogP contribution in [0.25, 0.3) is 5.69 Å². The van der Waals surface area contributed by atoms with Crippen LogP contribution in [0, 0.1) is 5.82 Å². The number of amides is 2. The molecule has 1 aromatic heterocycles. The summed E-state index contributed by atoms with van der Waals surface area (Å²) in [6.45, 7) is 3.44. The van der Waals surface area contributed by atoms with E-state index in [-0.39, 0.29) is 30.4 Å². The maximum Gasteiger partial charge on any atom is 0.417 e. The average Bonchev–Trinajstić information content (AvgIpc) is 3.03. The van der Waals surface area contributed by atoms with Gasteiger partial charge in [-0.3, -0.25) is 14.4 Å². The summed E-state index contributed by atoms with van der Waals surface area (Å²) in [7, 11) is 3.23. The number of carbonyl (C=O) groups excluding carboxylic acids is 2. The Morgan fingerprint density at radius 3 is 2.28 bits per heavy atom. The van der Waals surface area contributed by atoms with Crippen LogP contribution in [0.4, 0.5) is 23.5 Å². The number of rotatable bonds is 6. The van der Waals surface area contributed by atoms with E-state index < -0.39 is 46.1 Å². The zero-order chi connectivity index (χ0) is 33.5. The van der Waals surface area contributed by atoms with Crippen molar-refractivity contribution in [2.24, 2.45) is 0 Å². The molecule has 13 heteroatoms. The van der Waals surface area contributed by atoms with Crippen LogP contribution in [-0.2, 0) is 19.1 Å². The van der Waals surface area contributed by atoms with E-state index in [2.05, 4.69) is 5.32 Å². The number of anilines is 1. The summed E-state index contributed by atoms with van der Waals surface area (Å²) in [6, 6.07) is 14.4. The van der Waals surface area contributed by atoms with Crippen molar-refractivity contribution in [1.29, 1.82) is 0 Å². The lowest BCUT2D eigenvalue weighted by Gasteiger charge is -2.36. The second-order valence-corrected chi connectivity index (χ2v) is 11.5. The largest absolute Gasteiger partial charge is 0.417 e. The lowest BCUT2D eigenvalue weighted by Crippen LogP contribution is -2.46. The van der Waals surface area contributed by atoms with E-state index in [9.17, 15) is 31.9 Å². The minimum Gasteiger partial charge on any atom is -0.355 e. The van der Waals surface area contributed by atoms with Gasteiger partial charge in [-0.2, -0.15) is 13.2 Å². The van der Waals surface area contributed by atoms with E-state index in [1.54, 1.807) is 55.3 Å². The van der Waals surface area contributed by atoms with E-state index >= 15 is 0 Å². The van der Waals surface area contributed by atoms with Gasteiger partial charge in [0.25, 0.3) is 17.4 Å². The van der Waals surface area contributed by atoms with Crippen LogP contribution < -0.4 is 15.8 Å². The fourth-order valence-electron chi connectivity index (χ4n) is 5.47. The fraction of sp³-hybridized carbons (Fsp3) is 0.273.